The highest BCUT2D eigenvalue weighted by Crippen LogP contribution is 2.25. The molecule has 0 bridgehead atoms. The number of carbonyl (C=O) groups excluding carboxylic acids is 2. The predicted octanol–water partition coefficient (Wildman–Crippen LogP) is 5.84. The van der Waals surface area contributed by atoms with Gasteiger partial charge in [-0.2, -0.15) is 0 Å². The van der Waals surface area contributed by atoms with Gasteiger partial charge in [0.05, 0.1) is 6.26 Å². The molecule has 0 unspecified atom stereocenters. The summed E-state index contributed by atoms with van der Waals surface area (Å²) in [6.07, 6.45) is 1.44. The minimum atomic E-state index is -0.452. The number of thiocarbonyl (C=S) groups is 1. The molecule has 2 aromatic carbocycles. The summed E-state index contributed by atoms with van der Waals surface area (Å²) in [5.74, 6) is 0.199. The zero-order valence-electron chi connectivity index (χ0n) is 18.9. The van der Waals surface area contributed by atoms with Crippen LogP contribution in [0.2, 0.25) is 0 Å². The van der Waals surface area contributed by atoms with E-state index in [1.807, 2.05) is 39.0 Å². The molecule has 0 saturated heterocycles. The van der Waals surface area contributed by atoms with Crippen LogP contribution in [0.4, 0.5) is 11.4 Å². The van der Waals surface area contributed by atoms with Crippen molar-refractivity contribution in [3.63, 3.8) is 0 Å². The number of rotatable bonds is 5. The van der Waals surface area contributed by atoms with Crippen molar-refractivity contribution in [2.45, 2.75) is 20.8 Å². The van der Waals surface area contributed by atoms with E-state index in [1.54, 1.807) is 42.5 Å². The lowest BCUT2D eigenvalue weighted by Gasteiger charge is -2.12. The summed E-state index contributed by atoms with van der Waals surface area (Å²) in [6, 6.07) is 17.9. The maximum atomic E-state index is 12.6. The maximum Gasteiger partial charge on any atom is 0.293 e. The molecule has 4 rings (SSSR count). The van der Waals surface area contributed by atoms with Gasteiger partial charge >= 0.3 is 0 Å². The molecule has 0 fully saturated rings. The predicted molar refractivity (Wildman–Crippen MR) is 135 cm³/mol. The highest BCUT2D eigenvalue weighted by atomic mass is 32.1. The quantitative estimate of drug-likeness (QED) is 0.315. The molecule has 0 aliphatic rings. The third kappa shape index (κ3) is 5.24. The minimum Gasteiger partial charge on any atom is -0.459 e. The average molecular weight is 474 g/mol. The Kier molecular flexibility index (Phi) is 6.60. The first-order chi connectivity index (χ1) is 16.3. The molecule has 0 aliphatic heterocycles. The molecule has 0 atom stereocenters. The Morgan fingerprint density at radius 2 is 1.62 bits per heavy atom. The molecular weight excluding hydrogens is 450 g/mol. The number of hydrogen-bond acceptors (Lipinski definition) is 5. The van der Waals surface area contributed by atoms with Crippen LogP contribution >= 0.6 is 12.2 Å². The minimum absolute atomic E-state index is 0.126. The van der Waals surface area contributed by atoms with Gasteiger partial charge in [-0.15, -0.1) is 0 Å². The van der Waals surface area contributed by atoms with Crippen LogP contribution in [0.3, 0.4) is 0 Å². The average Bonchev–Trinajstić information content (AvgIpc) is 3.50. The van der Waals surface area contributed by atoms with Crippen LogP contribution < -0.4 is 16.0 Å². The number of benzene rings is 2. The Bertz CT molecular complexity index is 1370. The summed E-state index contributed by atoms with van der Waals surface area (Å²) in [5, 5.41) is 8.51. The molecule has 2 aromatic heterocycles. The number of carbonyl (C=O) groups is 2. The highest BCUT2D eigenvalue weighted by Gasteiger charge is 2.15. The van der Waals surface area contributed by atoms with Crippen molar-refractivity contribution in [3.05, 3.63) is 95.1 Å². The normalized spacial score (nSPS) is 10.6. The maximum absolute atomic E-state index is 12.6. The van der Waals surface area contributed by atoms with Crippen LogP contribution in [0.25, 0.3) is 11.3 Å². The topological polar surface area (TPSA) is 96.5 Å². The van der Waals surface area contributed by atoms with Crippen LogP contribution in [0, 0.1) is 20.8 Å². The molecular formula is C26H23N3O4S. The fourth-order valence-corrected chi connectivity index (χ4v) is 3.52. The lowest BCUT2D eigenvalue weighted by molar-refractivity contribution is 0.0950. The van der Waals surface area contributed by atoms with Gasteiger partial charge in [-0.05, 0) is 98.2 Å². The van der Waals surface area contributed by atoms with Crippen molar-refractivity contribution in [1.29, 1.82) is 0 Å². The fraction of sp³-hybridized carbons (Fsp3) is 0.115. The summed E-state index contributed by atoms with van der Waals surface area (Å²) >= 11 is 5.28. The summed E-state index contributed by atoms with van der Waals surface area (Å²) in [5.41, 5.74) is 5.34. The third-order valence-electron chi connectivity index (χ3n) is 5.33. The first-order valence-electron chi connectivity index (χ1n) is 10.6. The Hall–Kier alpha value is -4.17. The van der Waals surface area contributed by atoms with E-state index in [0.29, 0.717) is 17.1 Å². The number of nitrogens with one attached hydrogen (secondary N) is 3. The Labute approximate surface area is 202 Å². The van der Waals surface area contributed by atoms with Crippen LogP contribution in [0.15, 0.2) is 75.8 Å². The molecule has 0 aliphatic carbocycles. The second kappa shape index (κ2) is 9.76. The zero-order valence-corrected chi connectivity index (χ0v) is 19.7. The van der Waals surface area contributed by atoms with Gasteiger partial charge in [0.25, 0.3) is 11.8 Å². The first-order valence-corrected chi connectivity index (χ1v) is 11.0. The molecule has 172 valence electrons. The molecule has 0 radical (unpaired) electrons. The van der Waals surface area contributed by atoms with Crippen LogP contribution in [-0.2, 0) is 0 Å². The third-order valence-corrected chi connectivity index (χ3v) is 5.53. The van der Waals surface area contributed by atoms with E-state index < -0.39 is 5.91 Å². The van der Waals surface area contributed by atoms with Crippen molar-refractivity contribution in [1.82, 2.24) is 5.32 Å². The first kappa shape index (κ1) is 23.0. The smallest absolute Gasteiger partial charge is 0.293 e. The van der Waals surface area contributed by atoms with E-state index in [9.17, 15) is 9.59 Å². The van der Waals surface area contributed by atoms with Crippen LogP contribution in [0.1, 0.15) is 37.8 Å². The van der Waals surface area contributed by atoms with E-state index >= 15 is 0 Å². The summed E-state index contributed by atoms with van der Waals surface area (Å²) in [7, 11) is 0. The molecule has 0 saturated carbocycles. The van der Waals surface area contributed by atoms with Crippen molar-refractivity contribution >= 4 is 40.5 Å². The van der Waals surface area contributed by atoms with E-state index in [2.05, 4.69) is 16.0 Å². The molecule has 2 heterocycles. The molecule has 8 heteroatoms. The molecule has 34 heavy (non-hydrogen) atoms. The molecule has 7 nitrogen and oxygen atoms in total. The van der Waals surface area contributed by atoms with Crippen LogP contribution in [-0.4, -0.2) is 16.9 Å². The van der Waals surface area contributed by atoms with Gasteiger partial charge in [0.15, 0.2) is 16.6 Å². The summed E-state index contributed by atoms with van der Waals surface area (Å²) < 4.78 is 10.8. The van der Waals surface area contributed by atoms with E-state index in [4.69, 9.17) is 21.1 Å². The number of furan rings is 2. The van der Waals surface area contributed by atoms with Gasteiger partial charge in [0, 0.05) is 16.9 Å². The molecule has 3 N–H and O–H groups in total. The molecule has 0 spiro atoms. The Balaban J connectivity index is 1.36. The van der Waals surface area contributed by atoms with Gasteiger partial charge < -0.3 is 19.5 Å². The van der Waals surface area contributed by atoms with Crippen molar-refractivity contribution in [3.8, 4) is 11.3 Å². The molecule has 2 amide bonds. The number of aryl methyl sites for hydroxylation is 3. The van der Waals surface area contributed by atoms with Gasteiger partial charge in [0.1, 0.15) is 5.76 Å². The number of hydrogen-bond donors (Lipinski definition) is 3. The zero-order chi connectivity index (χ0) is 24.2. The second-order valence-electron chi connectivity index (χ2n) is 7.83. The highest BCUT2D eigenvalue weighted by molar-refractivity contribution is 7.80. The Morgan fingerprint density at radius 1 is 0.794 bits per heavy atom. The number of anilines is 2. The van der Waals surface area contributed by atoms with Crippen molar-refractivity contribution < 1.29 is 18.4 Å². The fourth-order valence-electron chi connectivity index (χ4n) is 3.31. The number of amides is 2. The second-order valence-corrected chi connectivity index (χ2v) is 8.24. The molecule has 4 aromatic rings. The summed E-state index contributed by atoms with van der Waals surface area (Å²) in [4.78, 5) is 24.7. The van der Waals surface area contributed by atoms with Crippen LogP contribution in [0.5, 0.6) is 0 Å². The monoisotopic (exact) mass is 473 g/mol. The van der Waals surface area contributed by atoms with E-state index in [1.165, 1.54) is 11.8 Å². The largest absolute Gasteiger partial charge is 0.459 e. The van der Waals surface area contributed by atoms with E-state index in [-0.39, 0.29) is 22.5 Å². The van der Waals surface area contributed by atoms with E-state index in [0.717, 1.165) is 16.7 Å². The van der Waals surface area contributed by atoms with Gasteiger partial charge in [-0.1, -0.05) is 12.1 Å². The van der Waals surface area contributed by atoms with Crippen molar-refractivity contribution in [2.75, 3.05) is 10.6 Å². The van der Waals surface area contributed by atoms with Crippen molar-refractivity contribution in [2.24, 2.45) is 0 Å². The van der Waals surface area contributed by atoms with Gasteiger partial charge in [-0.3, -0.25) is 14.9 Å². The van der Waals surface area contributed by atoms with Gasteiger partial charge in [-0.25, -0.2) is 0 Å². The van der Waals surface area contributed by atoms with Gasteiger partial charge in [0.2, 0.25) is 0 Å². The SMILES string of the molecule is Cc1ccc(-c2ccc(C(=O)NC(=S)Nc3ccc(NC(=O)c4ccco4)c(C)c3)o2)cc1C. The lowest BCUT2D eigenvalue weighted by atomic mass is 10.1. The standard InChI is InChI=1S/C26H23N3O4S/c1-15-6-7-18(13-16(15)2)21-10-11-23(33-21)25(31)29-26(34)27-19-8-9-20(17(3)14-19)28-24(30)22-5-4-12-32-22/h4-14H,1-3H3,(H,28,30)(H2,27,29,31,34). The summed E-state index contributed by atoms with van der Waals surface area (Å²) in [6.45, 7) is 5.92. The lowest BCUT2D eigenvalue weighted by Crippen LogP contribution is -2.33. The Morgan fingerprint density at radius 3 is 2.32 bits per heavy atom.